The Labute approximate surface area is 113 Å². The summed E-state index contributed by atoms with van der Waals surface area (Å²) in [5.41, 5.74) is 0. The summed E-state index contributed by atoms with van der Waals surface area (Å²) in [4.78, 5) is 2.68. The van der Waals surface area contributed by atoms with E-state index in [1.807, 2.05) is 0 Å². The molecule has 2 unspecified atom stereocenters. The molecule has 0 aromatic carbocycles. The van der Waals surface area contributed by atoms with Gasteiger partial charge in [-0.3, -0.25) is 0 Å². The van der Waals surface area contributed by atoms with Crippen LogP contribution in [0.2, 0.25) is 0 Å². The van der Waals surface area contributed by atoms with E-state index in [-0.39, 0.29) is 6.10 Å². The molecule has 0 saturated heterocycles. The lowest BCUT2D eigenvalue weighted by atomic mass is 9.96. The van der Waals surface area contributed by atoms with E-state index in [2.05, 4.69) is 18.7 Å². The van der Waals surface area contributed by atoms with Gasteiger partial charge in [-0.05, 0) is 50.5 Å². The molecular formula is C16H31NO. The maximum atomic E-state index is 10.3. The number of hydrogen-bond acceptors (Lipinski definition) is 2. The molecule has 2 heteroatoms. The number of hydrogen-bond donors (Lipinski definition) is 1. The van der Waals surface area contributed by atoms with Gasteiger partial charge in [0.15, 0.2) is 0 Å². The lowest BCUT2D eigenvalue weighted by Crippen LogP contribution is -2.37. The van der Waals surface area contributed by atoms with E-state index < -0.39 is 0 Å². The number of aliphatic hydroxyl groups is 1. The van der Waals surface area contributed by atoms with Crippen molar-refractivity contribution in [1.29, 1.82) is 0 Å². The van der Waals surface area contributed by atoms with E-state index in [0.717, 1.165) is 24.9 Å². The molecule has 0 radical (unpaired) electrons. The number of rotatable bonds is 6. The molecule has 2 aliphatic carbocycles. The average molecular weight is 253 g/mol. The third-order valence-electron chi connectivity index (χ3n) is 4.64. The van der Waals surface area contributed by atoms with Crippen LogP contribution in [0.5, 0.6) is 0 Å². The van der Waals surface area contributed by atoms with Crippen LogP contribution >= 0.6 is 0 Å². The molecule has 2 aliphatic rings. The zero-order valence-electron chi connectivity index (χ0n) is 12.3. The summed E-state index contributed by atoms with van der Waals surface area (Å²) in [5, 5.41) is 10.3. The van der Waals surface area contributed by atoms with Crippen LogP contribution in [-0.2, 0) is 0 Å². The van der Waals surface area contributed by atoms with Crippen LogP contribution in [0.25, 0.3) is 0 Å². The van der Waals surface area contributed by atoms with Crippen LogP contribution in [0.4, 0.5) is 0 Å². The lowest BCUT2D eigenvalue weighted by Gasteiger charge is -2.30. The fourth-order valence-corrected chi connectivity index (χ4v) is 3.17. The third-order valence-corrected chi connectivity index (χ3v) is 4.64. The third kappa shape index (κ3) is 4.55. The van der Waals surface area contributed by atoms with Gasteiger partial charge in [-0.25, -0.2) is 0 Å². The van der Waals surface area contributed by atoms with Gasteiger partial charge in [-0.1, -0.05) is 33.1 Å². The molecule has 2 saturated carbocycles. The molecule has 0 heterocycles. The molecule has 0 aromatic rings. The second-order valence-electron chi connectivity index (χ2n) is 6.87. The minimum atomic E-state index is -0.0344. The summed E-state index contributed by atoms with van der Waals surface area (Å²) < 4.78 is 0. The molecule has 1 N–H and O–H groups in total. The number of aliphatic hydroxyl groups excluding tert-OH is 1. The Morgan fingerprint density at radius 2 is 1.78 bits per heavy atom. The quantitative estimate of drug-likeness (QED) is 0.733. The molecule has 0 aliphatic heterocycles. The van der Waals surface area contributed by atoms with Crippen LogP contribution in [0.3, 0.4) is 0 Å². The Morgan fingerprint density at radius 1 is 1.06 bits per heavy atom. The highest BCUT2D eigenvalue weighted by Gasteiger charge is 2.32. The molecule has 106 valence electrons. The fraction of sp³-hybridized carbons (Fsp3) is 1.00. The Bertz CT molecular complexity index is 237. The average Bonchev–Trinajstić information content (AvgIpc) is 3.13. The van der Waals surface area contributed by atoms with Crippen LogP contribution < -0.4 is 0 Å². The lowest BCUT2D eigenvalue weighted by molar-refractivity contribution is 0.0698. The highest BCUT2D eigenvalue weighted by Crippen LogP contribution is 2.31. The van der Waals surface area contributed by atoms with Gasteiger partial charge in [0, 0.05) is 12.6 Å². The molecule has 0 spiro atoms. The topological polar surface area (TPSA) is 23.5 Å². The zero-order chi connectivity index (χ0) is 13.0. The molecule has 0 bridgehead atoms. The predicted molar refractivity (Wildman–Crippen MR) is 76.6 cm³/mol. The normalized spacial score (nSPS) is 29.8. The van der Waals surface area contributed by atoms with E-state index in [1.165, 1.54) is 51.5 Å². The zero-order valence-corrected chi connectivity index (χ0v) is 12.3. The van der Waals surface area contributed by atoms with Gasteiger partial charge in [0.25, 0.3) is 0 Å². The second-order valence-corrected chi connectivity index (χ2v) is 6.87. The predicted octanol–water partition coefficient (Wildman–Crippen LogP) is 3.44. The van der Waals surface area contributed by atoms with Crippen molar-refractivity contribution in [2.24, 2.45) is 11.8 Å². The van der Waals surface area contributed by atoms with E-state index in [1.54, 1.807) is 0 Å². The Balaban J connectivity index is 1.82. The second kappa shape index (κ2) is 6.91. The van der Waals surface area contributed by atoms with E-state index >= 15 is 0 Å². The van der Waals surface area contributed by atoms with Crippen molar-refractivity contribution < 1.29 is 5.11 Å². The Hall–Kier alpha value is -0.0800. The van der Waals surface area contributed by atoms with Crippen LogP contribution in [-0.4, -0.2) is 35.2 Å². The molecule has 2 fully saturated rings. The first-order valence-corrected chi connectivity index (χ1v) is 8.09. The van der Waals surface area contributed by atoms with E-state index in [9.17, 15) is 5.11 Å². The maximum Gasteiger partial charge on any atom is 0.0580 e. The van der Waals surface area contributed by atoms with Gasteiger partial charge < -0.3 is 10.0 Å². The minimum Gasteiger partial charge on any atom is -0.393 e. The van der Waals surface area contributed by atoms with Crippen molar-refractivity contribution in [2.75, 3.05) is 13.1 Å². The van der Waals surface area contributed by atoms with Crippen molar-refractivity contribution >= 4 is 0 Å². The molecule has 2 nitrogen and oxygen atoms in total. The van der Waals surface area contributed by atoms with E-state index in [0.29, 0.717) is 5.92 Å². The summed E-state index contributed by atoms with van der Waals surface area (Å²) in [6, 6.07) is 0.846. The SMILES string of the molecule is CC(C)CCN(CC1CCCCCC1O)C1CC1. The van der Waals surface area contributed by atoms with Gasteiger partial charge in [0.1, 0.15) is 0 Å². The molecule has 2 atom stereocenters. The summed E-state index contributed by atoms with van der Waals surface area (Å²) >= 11 is 0. The molecule has 2 rings (SSSR count). The maximum absolute atomic E-state index is 10.3. The van der Waals surface area contributed by atoms with Gasteiger partial charge in [-0.2, -0.15) is 0 Å². The van der Waals surface area contributed by atoms with Crippen molar-refractivity contribution in [2.45, 2.75) is 77.4 Å². The largest absolute Gasteiger partial charge is 0.393 e. The minimum absolute atomic E-state index is 0.0344. The summed E-state index contributed by atoms with van der Waals surface area (Å²) in [6.45, 7) is 7.02. The summed E-state index contributed by atoms with van der Waals surface area (Å²) in [5.74, 6) is 1.34. The first-order chi connectivity index (χ1) is 8.66. The van der Waals surface area contributed by atoms with Crippen LogP contribution in [0, 0.1) is 11.8 Å². The van der Waals surface area contributed by atoms with Crippen LogP contribution in [0.1, 0.15) is 65.2 Å². The first-order valence-electron chi connectivity index (χ1n) is 8.09. The Morgan fingerprint density at radius 3 is 2.44 bits per heavy atom. The van der Waals surface area contributed by atoms with Gasteiger partial charge >= 0.3 is 0 Å². The monoisotopic (exact) mass is 253 g/mol. The molecule has 0 amide bonds. The highest BCUT2D eigenvalue weighted by molar-refractivity contribution is 4.87. The van der Waals surface area contributed by atoms with Crippen molar-refractivity contribution in [3.05, 3.63) is 0 Å². The Kier molecular flexibility index (Phi) is 5.50. The highest BCUT2D eigenvalue weighted by atomic mass is 16.3. The van der Waals surface area contributed by atoms with E-state index in [4.69, 9.17) is 0 Å². The van der Waals surface area contributed by atoms with Crippen molar-refractivity contribution in [1.82, 2.24) is 4.90 Å². The van der Waals surface area contributed by atoms with Crippen LogP contribution in [0.15, 0.2) is 0 Å². The summed E-state index contributed by atoms with van der Waals surface area (Å²) in [6.07, 6.45) is 10.2. The standard InChI is InChI=1S/C16H31NO/c1-13(2)10-11-17(15-8-9-15)12-14-6-4-3-5-7-16(14)18/h13-16,18H,3-12H2,1-2H3. The van der Waals surface area contributed by atoms with Crippen molar-refractivity contribution in [3.63, 3.8) is 0 Å². The van der Waals surface area contributed by atoms with Gasteiger partial charge in [0.2, 0.25) is 0 Å². The van der Waals surface area contributed by atoms with Gasteiger partial charge in [-0.15, -0.1) is 0 Å². The fourth-order valence-electron chi connectivity index (χ4n) is 3.17. The van der Waals surface area contributed by atoms with Gasteiger partial charge in [0.05, 0.1) is 6.10 Å². The summed E-state index contributed by atoms with van der Waals surface area (Å²) in [7, 11) is 0. The molecule has 0 aromatic heterocycles. The number of nitrogens with zero attached hydrogens (tertiary/aromatic N) is 1. The first kappa shape index (κ1) is 14.3. The van der Waals surface area contributed by atoms with Crippen molar-refractivity contribution in [3.8, 4) is 0 Å². The molecule has 18 heavy (non-hydrogen) atoms. The molecular weight excluding hydrogens is 222 g/mol. The smallest absolute Gasteiger partial charge is 0.0580 e.